The van der Waals surface area contributed by atoms with E-state index in [2.05, 4.69) is 4.72 Å². The minimum atomic E-state index is -3.39. The summed E-state index contributed by atoms with van der Waals surface area (Å²) in [7, 11) is -6.71. The van der Waals surface area contributed by atoms with Gasteiger partial charge in [0.1, 0.15) is 0 Å². The predicted molar refractivity (Wildman–Crippen MR) is 84.4 cm³/mol. The number of hydrogen-bond donors (Lipinski definition) is 1. The molecule has 6 nitrogen and oxygen atoms in total. The standard InChI is InChI=1S/C12H19ClN2O4S2/c1-20(16,17)14-8-10-15(21(2,18)19)9-7-11-3-5-12(13)6-4-11/h3-6,14H,7-10H2,1-2H3. The summed E-state index contributed by atoms with van der Waals surface area (Å²) >= 11 is 5.79. The van der Waals surface area contributed by atoms with Gasteiger partial charge in [-0.2, -0.15) is 0 Å². The molecule has 0 saturated carbocycles. The van der Waals surface area contributed by atoms with E-state index in [9.17, 15) is 16.8 Å². The highest BCUT2D eigenvalue weighted by molar-refractivity contribution is 7.88. The third-order valence-corrected chi connectivity index (χ3v) is 5.04. The number of hydrogen-bond acceptors (Lipinski definition) is 4. The first-order valence-electron chi connectivity index (χ1n) is 6.22. The van der Waals surface area contributed by atoms with Crippen LogP contribution in [0, 0.1) is 0 Å². The van der Waals surface area contributed by atoms with Crippen molar-refractivity contribution in [1.82, 2.24) is 9.03 Å². The van der Waals surface area contributed by atoms with Crippen LogP contribution in [0.2, 0.25) is 5.02 Å². The number of rotatable bonds is 8. The molecule has 0 fully saturated rings. The average molecular weight is 355 g/mol. The van der Waals surface area contributed by atoms with Crippen molar-refractivity contribution in [2.75, 3.05) is 32.1 Å². The summed E-state index contributed by atoms with van der Waals surface area (Å²) in [6, 6.07) is 7.15. The molecule has 1 aromatic rings. The lowest BCUT2D eigenvalue weighted by atomic mass is 10.1. The maximum absolute atomic E-state index is 11.7. The van der Waals surface area contributed by atoms with Crippen molar-refractivity contribution < 1.29 is 16.8 Å². The fourth-order valence-corrected chi connectivity index (χ4v) is 3.14. The second-order valence-electron chi connectivity index (χ2n) is 4.71. The van der Waals surface area contributed by atoms with Crippen LogP contribution in [0.3, 0.4) is 0 Å². The maximum atomic E-state index is 11.7. The molecule has 1 rings (SSSR count). The van der Waals surface area contributed by atoms with Gasteiger partial charge in [-0.25, -0.2) is 25.9 Å². The van der Waals surface area contributed by atoms with Crippen LogP contribution in [0.5, 0.6) is 0 Å². The van der Waals surface area contributed by atoms with Crippen molar-refractivity contribution in [3.63, 3.8) is 0 Å². The van der Waals surface area contributed by atoms with Crippen LogP contribution < -0.4 is 4.72 Å². The van der Waals surface area contributed by atoms with Crippen LogP contribution in [0.15, 0.2) is 24.3 Å². The quantitative estimate of drug-likeness (QED) is 0.744. The molecule has 1 N–H and O–H groups in total. The molecule has 0 aliphatic carbocycles. The molecule has 0 amide bonds. The van der Waals surface area contributed by atoms with Gasteiger partial charge >= 0.3 is 0 Å². The molecule has 21 heavy (non-hydrogen) atoms. The lowest BCUT2D eigenvalue weighted by Crippen LogP contribution is -2.38. The SMILES string of the molecule is CS(=O)(=O)NCCN(CCc1ccc(Cl)cc1)S(C)(=O)=O. The summed E-state index contributed by atoms with van der Waals surface area (Å²) in [4.78, 5) is 0. The van der Waals surface area contributed by atoms with E-state index in [0.29, 0.717) is 11.4 Å². The first kappa shape index (κ1) is 18.4. The van der Waals surface area contributed by atoms with Gasteiger partial charge in [-0.15, -0.1) is 0 Å². The Morgan fingerprint density at radius 3 is 2.10 bits per heavy atom. The first-order chi connectivity index (χ1) is 9.58. The summed E-state index contributed by atoms with van der Waals surface area (Å²) in [6.07, 6.45) is 2.67. The van der Waals surface area contributed by atoms with Gasteiger partial charge in [0, 0.05) is 24.7 Å². The molecular weight excluding hydrogens is 336 g/mol. The van der Waals surface area contributed by atoms with Gasteiger partial charge in [0.2, 0.25) is 20.0 Å². The number of benzene rings is 1. The lowest BCUT2D eigenvalue weighted by Gasteiger charge is -2.20. The topological polar surface area (TPSA) is 83.6 Å². The second-order valence-corrected chi connectivity index (χ2v) is 8.96. The van der Waals surface area contributed by atoms with Crippen LogP contribution in [0.25, 0.3) is 0 Å². The van der Waals surface area contributed by atoms with Crippen LogP contribution in [-0.4, -0.2) is 53.3 Å². The zero-order valence-corrected chi connectivity index (χ0v) is 14.3. The van der Waals surface area contributed by atoms with E-state index in [4.69, 9.17) is 11.6 Å². The van der Waals surface area contributed by atoms with Crippen LogP contribution in [-0.2, 0) is 26.5 Å². The van der Waals surface area contributed by atoms with E-state index < -0.39 is 20.0 Å². The highest BCUT2D eigenvalue weighted by Gasteiger charge is 2.16. The Bertz CT molecular complexity index is 657. The van der Waals surface area contributed by atoms with Crippen LogP contribution >= 0.6 is 11.6 Å². The van der Waals surface area contributed by atoms with Gasteiger partial charge in [-0.1, -0.05) is 23.7 Å². The summed E-state index contributed by atoms with van der Waals surface area (Å²) < 4.78 is 48.9. The zero-order chi connectivity index (χ0) is 16.1. The van der Waals surface area contributed by atoms with Crippen molar-refractivity contribution >= 4 is 31.6 Å². The molecule has 1 aromatic carbocycles. The molecule has 0 spiro atoms. The molecule has 0 bridgehead atoms. The van der Waals surface area contributed by atoms with Crippen molar-refractivity contribution in [3.05, 3.63) is 34.9 Å². The highest BCUT2D eigenvalue weighted by Crippen LogP contribution is 2.11. The van der Waals surface area contributed by atoms with Gasteiger partial charge in [0.15, 0.2) is 0 Å². The zero-order valence-electron chi connectivity index (χ0n) is 11.9. The monoisotopic (exact) mass is 354 g/mol. The second kappa shape index (κ2) is 7.55. The summed E-state index contributed by atoms with van der Waals surface area (Å²) in [6.45, 7) is 0.428. The Morgan fingerprint density at radius 2 is 1.62 bits per heavy atom. The smallest absolute Gasteiger partial charge is 0.211 e. The molecule has 0 unspecified atom stereocenters. The Morgan fingerprint density at radius 1 is 1.05 bits per heavy atom. The number of nitrogens with zero attached hydrogens (tertiary/aromatic N) is 1. The van der Waals surface area contributed by atoms with E-state index in [1.165, 1.54) is 4.31 Å². The van der Waals surface area contributed by atoms with Crippen molar-refractivity contribution in [2.45, 2.75) is 6.42 Å². The Labute approximate surface area is 131 Å². The van der Waals surface area contributed by atoms with Gasteiger partial charge in [0.05, 0.1) is 12.5 Å². The molecule has 120 valence electrons. The largest absolute Gasteiger partial charge is 0.214 e. The van der Waals surface area contributed by atoms with Gasteiger partial charge in [-0.3, -0.25) is 0 Å². The molecule has 0 radical (unpaired) electrons. The summed E-state index contributed by atoms with van der Waals surface area (Å²) in [5, 5.41) is 0.621. The van der Waals surface area contributed by atoms with E-state index in [1.807, 2.05) is 12.1 Å². The minimum absolute atomic E-state index is 0.0481. The summed E-state index contributed by atoms with van der Waals surface area (Å²) in [5.74, 6) is 0. The molecule has 0 saturated heterocycles. The van der Waals surface area contributed by atoms with E-state index >= 15 is 0 Å². The first-order valence-corrected chi connectivity index (χ1v) is 10.3. The van der Waals surface area contributed by atoms with Gasteiger partial charge < -0.3 is 0 Å². The third kappa shape index (κ3) is 7.77. The Kier molecular flexibility index (Phi) is 6.61. The lowest BCUT2D eigenvalue weighted by molar-refractivity contribution is 0.420. The molecule has 0 aromatic heterocycles. The Hall–Kier alpha value is -0.670. The normalized spacial score (nSPS) is 12.8. The fourth-order valence-electron chi connectivity index (χ4n) is 1.70. The number of sulfonamides is 2. The Balaban J connectivity index is 2.60. The van der Waals surface area contributed by atoms with Crippen LogP contribution in [0.4, 0.5) is 0 Å². The number of halogens is 1. The van der Waals surface area contributed by atoms with E-state index in [0.717, 1.165) is 18.1 Å². The van der Waals surface area contributed by atoms with Crippen molar-refractivity contribution in [1.29, 1.82) is 0 Å². The van der Waals surface area contributed by atoms with Gasteiger partial charge in [0.25, 0.3) is 0 Å². The molecule has 0 aliphatic heterocycles. The van der Waals surface area contributed by atoms with Gasteiger partial charge in [-0.05, 0) is 24.1 Å². The fraction of sp³-hybridized carbons (Fsp3) is 0.500. The van der Waals surface area contributed by atoms with Crippen LogP contribution in [0.1, 0.15) is 5.56 Å². The summed E-state index contributed by atoms with van der Waals surface area (Å²) in [5.41, 5.74) is 0.962. The average Bonchev–Trinajstić information content (AvgIpc) is 2.32. The predicted octanol–water partition coefficient (Wildman–Crippen LogP) is 0.693. The van der Waals surface area contributed by atoms with Crippen molar-refractivity contribution in [2.24, 2.45) is 0 Å². The van der Waals surface area contributed by atoms with E-state index in [1.54, 1.807) is 12.1 Å². The molecule has 9 heteroatoms. The molecule has 0 heterocycles. The number of nitrogens with one attached hydrogen (secondary N) is 1. The molecular formula is C12H19ClN2O4S2. The molecule has 0 aliphatic rings. The third-order valence-electron chi connectivity index (χ3n) is 2.76. The molecule has 0 atom stereocenters. The maximum Gasteiger partial charge on any atom is 0.211 e. The minimum Gasteiger partial charge on any atom is -0.214 e. The highest BCUT2D eigenvalue weighted by atomic mass is 35.5. The van der Waals surface area contributed by atoms with Crippen molar-refractivity contribution in [3.8, 4) is 0 Å². The van der Waals surface area contributed by atoms with E-state index in [-0.39, 0.29) is 19.6 Å².